The second kappa shape index (κ2) is 9.60. The highest BCUT2D eigenvalue weighted by atomic mass is 32.2. The molecule has 2 aliphatic heterocycles. The fraction of sp³-hybridized carbons (Fsp3) is 0.650. The van der Waals surface area contributed by atoms with Crippen LogP contribution in [0.5, 0.6) is 0 Å². The summed E-state index contributed by atoms with van der Waals surface area (Å²) >= 11 is 2.05. The lowest BCUT2D eigenvalue weighted by Crippen LogP contribution is -2.42. The van der Waals surface area contributed by atoms with Gasteiger partial charge in [0.15, 0.2) is 5.96 Å². The van der Waals surface area contributed by atoms with Crippen molar-refractivity contribution in [3.05, 3.63) is 35.6 Å². The van der Waals surface area contributed by atoms with Crippen molar-refractivity contribution >= 4 is 17.7 Å². The Morgan fingerprint density at radius 3 is 2.69 bits per heavy atom. The van der Waals surface area contributed by atoms with Gasteiger partial charge in [-0.1, -0.05) is 12.1 Å². The molecule has 0 saturated carbocycles. The zero-order valence-electron chi connectivity index (χ0n) is 15.6. The summed E-state index contributed by atoms with van der Waals surface area (Å²) in [5.74, 6) is 1.96. The molecule has 1 aromatic carbocycles. The molecule has 0 amide bonds. The van der Waals surface area contributed by atoms with Gasteiger partial charge < -0.3 is 15.4 Å². The molecular formula is C20H30FN3OS. The minimum Gasteiger partial charge on any atom is -0.381 e. The summed E-state index contributed by atoms with van der Waals surface area (Å²) in [7, 11) is 0. The smallest absolute Gasteiger partial charge is 0.191 e. The third kappa shape index (κ3) is 5.13. The number of rotatable bonds is 6. The van der Waals surface area contributed by atoms with E-state index in [4.69, 9.17) is 9.73 Å². The van der Waals surface area contributed by atoms with Gasteiger partial charge in [0.1, 0.15) is 5.82 Å². The summed E-state index contributed by atoms with van der Waals surface area (Å²) in [5.41, 5.74) is 1.09. The van der Waals surface area contributed by atoms with E-state index in [1.807, 2.05) is 23.9 Å². The molecule has 0 aliphatic carbocycles. The molecule has 1 aromatic rings. The van der Waals surface area contributed by atoms with Gasteiger partial charge in [0.25, 0.3) is 0 Å². The third-order valence-corrected chi connectivity index (χ3v) is 6.71. The topological polar surface area (TPSA) is 45.7 Å². The van der Waals surface area contributed by atoms with Crippen LogP contribution in [-0.4, -0.2) is 49.8 Å². The first-order valence-electron chi connectivity index (χ1n) is 9.69. The van der Waals surface area contributed by atoms with Crippen LogP contribution in [0.15, 0.2) is 29.3 Å². The molecule has 2 saturated heterocycles. The number of guanidine groups is 1. The number of halogens is 1. The summed E-state index contributed by atoms with van der Waals surface area (Å²) in [6.07, 6.45) is 4.44. The Morgan fingerprint density at radius 2 is 2.04 bits per heavy atom. The standard InChI is InChI=1S/C20H30FN3OS/c1-2-22-19(23-14-18-4-3-13-26-18)24-15-20(9-11-25-12-10-20)16-5-7-17(21)8-6-16/h5-8,18H,2-4,9-15H2,1H3,(H2,22,23,24). The van der Waals surface area contributed by atoms with Gasteiger partial charge in [-0.25, -0.2) is 4.39 Å². The van der Waals surface area contributed by atoms with Gasteiger partial charge in [0.2, 0.25) is 0 Å². The Kier molecular flexibility index (Phi) is 7.20. The van der Waals surface area contributed by atoms with Crippen molar-refractivity contribution in [2.45, 2.75) is 43.3 Å². The molecule has 2 fully saturated rings. The van der Waals surface area contributed by atoms with E-state index >= 15 is 0 Å². The lowest BCUT2D eigenvalue weighted by molar-refractivity contribution is 0.0531. The predicted molar refractivity (Wildman–Crippen MR) is 108 cm³/mol. The van der Waals surface area contributed by atoms with Crippen LogP contribution >= 0.6 is 11.8 Å². The molecule has 1 atom stereocenters. The number of thioether (sulfide) groups is 1. The Bertz CT molecular complexity index is 581. The molecule has 6 heteroatoms. The first-order valence-corrected chi connectivity index (χ1v) is 10.7. The fourth-order valence-corrected chi connectivity index (χ4v) is 4.89. The molecule has 2 heterocycles. The molecule has 0 spiro atoms. The van der Waals surface area contributed by atoms with Crippen LogP contribution < -0.4 is 10.6 Å². The summed E-state index contributed by atoms with van der Waals surface area (Å²) in [4.78, 5) is 4.90. The quantitative estimate of drug-likeness (QED) is 0.588. The van der Waals surface area contributed by atoms with Crippen LogP contribution in [0, 0.1) is 5.82 Å². The van der Waals surface area contributed by atoms with E-state index in [9.17, 15) is 4.39 Å². The van der Waals surface area contributed by atoms with E-state index in [0.717, 1.165) is 50.7 Å². The molecule has 0 radical (unpaired) electrons. The lowest BCUT2D eigenvalue weighted by atomic mass is 9.74. The molecule has 0 aromatic heterocycles. The highest BCUT2D eigenvalue weighted by Crippen LogP contribution is 2.35. The average Bonchev–Trinajstić information content (AvgIpc) is 3.19. The number of hydrogen-bond acceptors (Lipinski definition) is 3. The van der Waals surface area contributed by atoms with Crippen molar-refractivity contribution in [1.29, 1.82) is 0 Å². The number of benzene rings is 1. The van der Waals surface area contributed by atoms with Gasteiger partial charge in [-0.2, -0.15) is 11.8 Å². The molecule has 2 aliphatic rings. The van der Waals surface area contributed by atoms with Crippen LogP contribution in [0.1, 0.15) is 38.2 Å². The van der Waals surface area contributed by atoms with Gasteiger partial charge in [-0.05, 0) is 56.1 Å². The van der Waals surface area contributed by atoms with Crippen molar-refractivity contribution in [3.63, 3.8) is 0 Å². The number of nitrogens with one attached hydrogen (secondary N) is 2. The van der Waals surface area contributed by atoms with Gasteiger partial charge >= 0.3 is 0 Å². The Balaban J connectivity index is 1.70. The summed E-state index contributed by atoms with van der Waals surface area (Å²) in [6, 6.07) is 6.92. The number of nitrogens with zero attached hydrogens (tertiary/aromatic N) is 1. The molecule has 3 rings (SSSR count). The maximum absolute atomic E-state index is 13.4. The number of aliphatic imine (C=N–C) groups is 1. The molecule has 0 bridgehead atoms. The van der Waals surface area contributed by atoms with Crippen LogP contribution in [0.4, 0.5) is 4.39 Å². The number of hydrogen-bond donors (Lipinski definition) is 2. The molecule has 1 unspecified atom stereocenters. The monoisotopic (exact) mass is 379 g/mol. The van der Waals surface area contributed by atoms with E-state index in [2.05, 4.69) is 17.6 Å². The highest BCUT2D eigenvalue weighted by Gasteiger charge is 2.34. The van der Waals surface area contributed by atoms with Crippen LogP contribution in [0.3, 0.4) is 0 Å². The van der Waals surface area contributed by atoms with Crippen LogP contribution in [-0.2, 0) is 10.2 Å². The molecule has 26 heavy (non-hydrogen) atoms. The molecule has 4 nitrogen and oxygen atoms in total. The maximum Gasteiger partial charge on any atom is 0.191 e. The normalized spacial score (nSPS) is 23.0. The second-order valence-corrected chi connectivity index (χ2v) is 8.52. The minimum absolute atomic E-state index is 0.0730. The van der Waals surface area contributed by atoms with E-state index in [1.165, 1.54) is 18.6 Å². The maximum atomic E-state index is 13.4. The predicted octanol–water partition coefficient (Wildman–Crippen LogP) is 3.32. The molecular weight excluding hydrogens is 349 g/mol. The van der Waals surface area contributed by atoms with Crippen LogP contribution in [0.25, 0.3) is 0 Å². The Labute approximate surface area is 160 Å². The second-order valence-electron chi connectivity index (χ2n) is 7.11. The molecule has 2 N–H and O–H groups in total. The van der Waals surface area contributed by atoms with Gasteiger partial charge in [-0.15, -0.1) is 0 Å². The van der Waals surface area contributed by atoms with Crippen molar-refractivity contribution in [2.24, 2.45) is 4.99 Å². The molecule has 144 valence electrons. The van der Waals surface area contributed by atoms with Crippen molar-refractivity contribution in [3.8, 4) is 0 Å². The minimum atomic E-state index is -0.191. The summed E-state index contributed by atoms with van der Waals surface area (Å²) < 4.78 is 18.9. The Morgan fingerprint density at radius 1 is 1.27 bits per heavy atom. The lowest BCUT2D eigenvalue weighted by Gasteiger charge is -2.36. The van der Waals surface area contributed by atoms with E-state index < -0.39 is 0 Å². The first-order chi connectivity index (χ1) is 12.7. The summed E-state index contributed by atoms with van der Waals surface area (Å²) in [5, 5.41) is 7.56. The summed E-state index contributed by atoms with van der Waals surface area (Å²) in [6.45, 7) is 6.05. The zero-order valence-corrected chi connectivity index (χ0v) is 16.4. The highest BCUT2D eigenvalue weighted by molar-refractivity contribution is 8.00. The fourth-order valence-electron chi connectivity index (χ4n) is 3.69. The van der Waals surface area contributed by atoms with Gasteiger partial charge in [0, 0.05) is 37.0 Å². The van der Waals surface area contributed by atoms with Gasteiger partial charge in [-0.3, -0.25) is 4.99 Å². The number of ether oxygens (including phenoxy) is 1. The van der Waals surface area contributed by atoms with E-state index in [-0.39, 0.29) is 11.2 Å². The SMILES string of the molecule is CCNC(=NCC1(c2ccc(F)cc2)CCOCC1)NCC1CCCS1. The zero-order chi connectivity index (χ0) is 18.2. The van der Waals surface area contributed by atoms with E-state index in [1.54, 1.807) is 12.1 Å². The van der Waals surface area contributed by atoms with Gasteiger partial charge in [0.05, 0.1) is 6.54 Å². The van der Waals surface area contributed by atoms with Crippen molar-refractivity contribution in [2.75, 3.05) is 38.6 Å². The van der Waals surface area contributed by atoms with E-state index in [0.29, 0.717) is 11.8 Å². The van der Waals surface area contributed by atoms with Crippen LogP contribution in [0.2, 0.25) is 0 Å². The first kappa shape index (κ1) is 19.5. The van der Waals surface area contributed by atoms with Crippen molar-refractivity contribution < 1.29 is 9.13 Å². The average molecular weight is 380 g/mol. The Hall–Kier alpha value is -1.27. The largest absolute Gasteiger partial charge is 0.381 e. The third-order valence-electron chi connectivity index (χ3n) is 5.31. The van der Waals surface area contributed by atoms with Crippen molar-refractivity contribution in [1.82, 2.24) is 10.6 Å².